The number of benzene rings is 2. The number of rotatable bonds is 5. The fraction of sp³-hybridized carbons (Fsp3) is 0.586. The van der Waals surface area contributed by atoms with Crippen LogP contribution < -0.4 is 0 Å². The average Bonchev–Trinajstić information content (AvgIpc) is 3.34. The van der Waals surface area contributed by atoms with Crippen molar-refractivity contribution in [2.75, 3.05) is 0 Å². The van der Waals surface area contributed by atoms with Crippen molar-refractivity contribution in [2.45, 2.75) is 83.4 Å². The molecule has 2 aromatic rings. The van der Waals surface area contributed by atoms with Crippen LogP contribution in [0.5, 0.6) is 0 Å². The molecule has 2 bridgehead atoms. The molecule has 8 atom stereocenters. The lowest BCUT2D eigenvalue weighted by Crippen LogP contribution is -2.62. The first-order valence-corrected chi connectivity index (χ1v) is 12.9. The van der Waals surface area contributed by atoms with Gasteiger partial charge < -0.3 is 19.3 Å². The zero-order valence-corrected chi connectivity index (χ0v) is 21.2. The van der Waals surface area contributed by atoms with Gasteiger partial charge in [0.15, 0.2) is 0 Å². The molecular weight excluding hydrogens is 444 g/mol. The molecule has 1 saturated carbocycles. The second-order valence-electron chi connectivity index (χ2n) is 11.3. The second kappa shape index (κ2) is 8.59. The lowest BCUT2D eigenvalue weighted by atomic mass is 9.69. The molecule has 2 aromatic carbocycles. The van der Waals surface area contributed by atoms with Crippen LogP contribution in [0.2, 0.25) is 0 Å². The summed E-state index contributed by atoms with van der Waals surface area (Å²) < 4.78 is 19.1. The molecule has 0 radical (unpaired) electrons. The van der Waals surface area contributed by atoms with Crippen molar-refractivity contribution in [3.8, 4) is 0 Å². The normalized spacial score (nSPS) is 36.7. The minimum Gasteiger partial charge on any atom is -0.457 e. The number of ether oxygens (including phenoxy) is 3. The highest BCUT2D eigenvalue weighted by atomic mass is 16.6. The number of carbonyl (C=O) groups excluding carboxylic acids is 2. The molecule has 2 saturated heterocycles. The van der Waals surface area contributed by atoms with E-state index in [1.807, 2.05) is 49.4 Å². The fourth-order valence-electron chi connectivity index (χ4n) is 6.98. The molecule has 1 N–H and O–H groups in total. The first-order chi connectivity index (χ1) is 16.6. The summed E-state index contributed by atoms with van der Waals surface area (Å²) in [5, 5.41) is 11.9. The van der Waals surface area contributed by atoms with Crippen LogP contribution in [-0.4, -0.2) is 46.6 Å². The molecule has 2 aliphatic heterocycles. The number of aliphatic hydroxyl groups is 1. The standard InChI is InChI=1S/C29H36O6/c1-16(2)29-15-23(33-26(31)18(4)30)28(5,35-29)22-13-10-17(3)24(22)25(29)34-27(32)21-12-11-19-8-6-7-9-20(19)14-21/h6-9,11-12,14,16-18,22-25,30H,10,13,15H2,1-5H3/t17-,18+,22-,23-,24-,25?,28+,29?/m1/s1. The van der Waals surface area contributed by atoms with Crippen LogP contribution in [0.15, 0.2) is 42.5 Å². The van der Waals surface area contributed by atoms with Gasteiger partial charge in [-0.2, -0.15) is 0 Å². The molecule has 6 heteroatoms. The highest BCUT2D eigenvalue weighted by Gasteiger charge is 2.72. The van der Waals surface area contributed by atoms with Gasteiger partial charge in [0.1, 0.15) is 29.5 Å². The number of carbonyl (C=O) groups is 2. The van der Waals surface area contributed by atoms with Crippen molar-refractivity contribution in [3.63, 3.8) is 0 Å². The third-order valence-electron chi connectivity index (χ3n) is 8.97. The minimum atomic E-state index is -1.20. The molecule has 1 aliphatic carbocycles. The topological polar surface area (TPSA) is 82.1 Å². The van der Waals surface area contributed by atoms with Crippen molar-refractivity contribution in [2.24, 2.45) is 23.7 Å². The van der Waals surface area contributed by atoms with E-state index in [9.17, 15) is 14.7 Å². The Morgan fingerprint density at radius 1 is 1.06 bits per heavy atom. The maximum absolute atomic E-state index is 13.5. The van der Waals surface area contributed by atoms with E-state index in [0.717, 1.165) is 23.6 Å². The van der Waals surface area contributed by atoms with E-state index in [2.05, 4.69) is 20.8 Å². The Hall–Kier alpha value is -2.44. The highest BCUT2D eigenvalue weighted by molar-refractivity contribution is 5.95. The van der Waals surface area contributed by atoms with Gasteiger partial charge in [-0.05, 0) is 67.3 Å². The lowest BCUT2D eigenvalue weighted by Gasteiger charge is -2.53. The molecule has 35 heavy (non-hydrogen) atoms. The van der Waals surface area contributed by atoms with Gasteiger partial charge in [-0.25, -0.2) is 9.59 Å². The Bertz CT molecular complexity index is 1140. The predicted octanol–water partition coefficient (Wildman–Crippen LogP) is 4.91. The SMILES string of the molecule is CC(C)C12C[C@@H](OC(=O)[C@H](C)O)[C@@](C)(O1)[C@@H]1CC[C@@H](C)[C@H]1C2OC(=O)c1ccc2ccccc2c1. The molecule has 0 spiro atoms. The largest absolute Gasteiger partial charge is 0.457 e. The summed E-state index contributed by atoms with van der Waals surface area (Å²) >= 11 is 0. The molecule has 3 aliphatic rings. The van der Waals surface area contributed by atoms with Crippen LogP contribution >= 0.6 is 0 Å². The molecule has 2 heterocycles. The maximum Gasteiger partial charge on any atom is 0.338 e. The van der Waals surface area contributed by atoms with Gasteiger partial charge in [0, 0.05) is 12.3 Å². The zero-order valence-electron chi connectivity index (χ0n) is 21.2. The second-order valence-corrected chi connectivity index (χ2v) is 11.3. The summed E-state index contributed by atoms with van der Waals surface area (Å²) in [6.07, 6.45) is 0.206. The molecule has 6 nitrogen and oxygen atoms in total. The Kier molecular flexibility index (Phi) is 5.96. The van der Waals surface area contributed by atoms with Crippen LogP contribution in [0, 0.1) is 23.7 Å². The number of hydrogen-bond acceptors (Lipinski definition) is 6. The Balaban J connectivity index is 1.51. The van der Waals surface area contributed by atoms with Crippen LogP contribution in [0.25, 0.3) is 10.8 Å². The zero-order chi connectivity index (χ0) is 25.1. The number of esters is 2. The predicted molar refractivity (Wildman–Crippen MR) is 132 cm³/mol. The van der Waals surface area contributed by atoms with Gasteiger partial charge in [0.25, 0.3) is 0 Å². The van der Waals surface area contributed by atoms with Crippen LogP contribution in [0.4, 0.5) is 0 Å². The Morgan fingerprint density at radius 2 is 1.77 bits per heavy atom. The van der Waals surface area contributed by atoms with Gasteiger partial charge in [0.2, 0.25) is 0 Å². The fourth-order valence-corrected chi connectivity index (χ4v) is 6.98. The van der Waals surface area contributed by atoms with E-state index in [4.69, 9.17) is 14.2 Å². The van der Waals surface area contributed by atoms with Crippen molar-refractivity contribution in [1.29, 1.82) is 0 Å². The van der Waals surface area contributed by atoms with Gasteiger partial charge in [-0.15, -0.1) is 0 Å². The van der Waals surface area contributed by atoms with Crippen molar-refractivity contribution in [1.82, 2.24) is 0 Å². The van der Waals surface area contributed by atoms with Gasteiger partial charge in [-0.1, -0.05) is 51.1 Å². The number of aliphatic hydroxyl groups excluding tert-OH is 1. The van der Waals surface area contributed by atoms with Crippen molar-refractivity contribution in [3.05, 3.63) is 48.0 Å². The summed E-state index contributed by atoms with van der Waals surface area (Å²) in [5.41, 5.74) is -0.936. The summed E-state index contributed by atoms with van der Waals surface area (Å²) in [6, 6.07) is 13.6. The van der Waals surface area contributed by atoms with Crippen molar-refractivity contribution < 1.29 is 28.9 Å². The Morgan fingerprint density at radius 3 is 2.46 bits per heavy atom. The average molecular weight is 481 g/mol. The van der Waals surface area contributed by atoms with E-state index in [0.29, 0.717) is 17.9 Å². The molecule has 0 aromatic heterocycles. The maximum atomic E-state index is 13.5. The summed E-state index contributed by atoms with van der Waals surface area (Å²) in [6.45, 7) is 9.83. The highest BCUT2D eigenvalue weighted by Crippen LogP contribution is 2.63. The van der Waals surface area contributed by atoms with E-state index in [1.165, 1.54) is 6.92 Å². The number of hydrogen-bond donors (Lipinski definition) is 1. The molecule has 3 fully saturated rings. The smallest absolute Gasteiger partial charge is 0.338 e. The van der Waals surface area contributed by atoms with Gasteiger partial charge >= 0.3 is 11.9 Å². The monoisotopic (exact) mass is 480 g/mol. The van der Waals surface area contributed by atoms with Gasteiger partial charge in [-0.3, -0.25) is 0 Å². The third-order valence-corrected chi connectivity index (χ3v) is 8.97. The summed E-state index contributed by atoms with van der Waals surface area (Å²) in [7, 11) is 0. The molecule has 0 amide bonds. The molecular formula is C29H36O6. The molecule has 5 rings (SSSR count). The lowest BCUT2D eigenvalue weighted by molar-refractivity contribution is -0.259. The number of fused-ring (bicyclic) bond motifs is 5. The van der Waals surface area contributed by atoms with Crippen LogP contribution in [0.3, 0.4) is 0 Å². The van der Waals surface area contributed by atoms with Gasteiger partial charge in [0.05, 0.1) is 5.56 Å². The first-order valence-electron chi connectivity index (χ1n) is 12.9. The van der Waals surface area contributed by atoms with Crippen LogP contribution in [0.1, 0.15) is 64.2 Å². The minimum absolute atomic E-state index is 0.0280. The van der Waals surface area contributed by atoms with E-state index >= 15 is 0 Å². The van der Waals surface area contributed by atoms with E-state index < -0.39 is 35.5 Å². The summed E-state index contributed by atoms with van der Waals surface area (Å²) in [4.78, 5) is 25.9. The molecule has 188 valence electrons. The van der Waals surface area contributed by atoms with Crippen molar-refractivity contribution >= 4 is 22.7 Å². The van der Waals surface area contributed by atoms with E-state index in [1.54, 1.807) is 0 Å². The quantitative estimate of drug-likeness (QED) is 0.613. The summed E-state index contributed by atoms with van der Waals surface area (Å²) in [5.74, 6) is -0.417. The van der Waals surface area contributed by atoms with E-state index in [-0.39, 0.29) is 23.7 Å². The third kappa shape index (κ3) is 3.77. The Labute approximate surface area is 206 Å². The molecule has 2 unspecified atom stereocenters. The van der Waals surface area contributed by atoms with Crippen LogP contribution in [-0.2, 0) is 19.0 Å². The first kappa shape index (κ1) is 24.3.